The standard InChI is InChI=1S/C16H15N3O5S/c1-23-13-6-2-11(3-7-13)17-16(25)18-15(20)10-24-14-8-4-12(5-9-14)19(21)22/h2-9H,10H2,1H3,(H2,17,18,20,25). The molecule has 9 heteroatoms. The molecule has 0 aliphatic carbocycles. The number of methoxy groups -OCH3 is 1. The predicted octanol–water partition coefficient (Wildman–Crippen LogP) is 2.50. The van der Waals surface area contributed by atoms with Crippen LogP contribution in [0, 0.1) is 10.1 Å². The van der Waals surface area contributed by atoms with E-state index in [1.807, 2.05) is 0 Å². The number of nitrogens with one attached hydrogen (secondary N) is 2. The molecule has 2 aromatic rings. The fourth-order valence-corrected chi connectivity index (χ4v) is 2.04. The first kappa shape index (κ1) is 18.1. The maximum Gasteiger partial charge on any atom is 0.269 e. The van der Waals surface area contributed by atoms with Crippen LogP contribution in [0.3, 0.4) is 0 Å². The molecule has 0 aromatic heterocycles. The Morgan fingerprint density at radius 3 is 2.28 bits per heavy atom. The number of ether oxygens (including phenoxy) is 2. The lowest BCUT2D eigenvalue weighted by Gasteiger charge is -2.10. The molecule has 2 rings (SSSR count). The topological polar surface area (TPSA) is 103 Å². The average Bonchev–Trinajstić information content (AvgIpc) is 2.61. The Labute approximate surface area is 148 Å². The highest BCUT2D eigenvalue weighted by Crippen LogP contribution is 2.17. The largest absolute Gasteiger partial charge is 0.497 e. The third kappa shape index (κ3) is 5.74. The molecule has 0 saturated carbocycles. The zero-order chi connectivity index (χ0) is 18.2. The lowest BCUT2D eigenvalue weighted by atomic mass is 10.3. The van der Waals surface area contributed by atoms with Crippen molar-refractivity contribution in [3.8, 4) is 11.5 Å². The Morgan fingerprint density at radius 1 is 1.12 bits per heavy atom. The van der Waals surface area contributed by atoms with Gasteiger partial charge in [0.25, 0.3) is 11.6 Å². The van der Waals surface area contributed by atoms with Gasteiger partial charge in [0, 0.05) is 17.8 Å². The molecule has 8 nitrogen and oxygen atoms in total. The number of hydrogen-bond donors (Lipinski definition) is 2. The summed E-state index contributed by atoms with van der Waals surface area (Å²) in [7, 11) is 1.57. The number of hydrogen-bond acceptors (Lipinski definition) is 6. The molecule has 0 aliphatic heterocycles. The van der Waals surface area contributed by atoms with Crippen molar-refractivity contribution in [3.05, 3.63) is 58.6 Å². The average molecular weight is 361 g/mol. The Hall–Kier alpha value is -3.20. The number of nitro groups is 1. The molecule has 0 radical (unpaired) electrons. The van der Waals surface area contributed by atoms with E-state index in [9.17, 15) is 14.9 Å². The quantitative estimate of drug-likeness (QED) is 0.463. The monoisotopic (exact) mass is 361 g/mol. The van der Waals surface area contributed by atoms with Crippen LogP contribution in [-0.4, -0.2) is 29.7 Å². The van der Waals surface area contributed by atoms with Gasteiger partial charge in [-0.2, -0.15) is 0 Å². The van der Waals surface area contributed by atoms with Crippen molar-refractivity contribution in [2.75, 3.05) is 19.0 Å². The second-order valence-electron chi connectivity index (χ2n) is 4.77. The van der Waals surface area contributed by atoms with Crippen molar-refractivity contribution in [2.24, 2.45) is 0 Å². The van der Waals surface area contributed by atoms with Crippen LogP contribution in [0.4, 0.5) is 11.4 Å². The summed E-state index contributed by atoms with van der Waals surface area (Å²) in [6, 6.07) is 12.4. The predicted molar refractivity (Wildman–Crippen MR) is 95.9 cm³/mol. The molecule has 0 unspecified atom stereocenters. The van der Waals surface area contributed by atoms with Gasteiger partial charge in [-0.05, 0) is 48.6 Å². The summed E-state index contributed by atoms with van der Waals surface area (Å²) >= 11 is 5.05. The van der Waals surface area contributed by atoms with Gasteiger partial charge < -0.3 is 14.8 Å². The van der Waals surface area contributed by atoms with Crippen LogP contribution < -0.4 is 20.1 Å². The summed E-state index contributed by atoms with van der Waals surface area (Å²) in [6.07, 6.45) is 0. The van der Waals surface area contributed by atoms with Crippen molar-refractivity contribution >= 4 is 34.6 Å². The van der Waals surface area contributed by atoms with Crippen LogP contribution >= 0.6 is 12.2 Å². The highest BCUT2D eigenvalue weighted by molar-refractivity contribution is 7.80. The normalized spacial score (nSPS) is 9.80. The van der Waals surface area contributed by atoms with Crippen molar-refractivity contribution in [1.29, 1.82) is 0 Å². The first-order valence-corrected chi connectivity index (χ1v) is 7.51. The van der Waals surface area contributed by atoms with E-state index in [0.717, 1.165) is 0 Å². The number of anilines is 1. The molecular weight excluding hydrogens is 346 g/mol. The van der Waals surface area contributed by atoms with Crippen LogP contribution in [0.25, 0.3) is 0 Å². The summed E-state index contributed by atoms with van der Waals surface area (Å²) < 4.78 is 10.3. The van der Waals surface area contributed by atoms with E-state index in [2.05, 4.69) is 10.6 Å². The fourth-order valence-electron chi connectivity index (χ4n) is 1.81. The van der Waals surface area contributed by atoms with Gasteiger partial charge in [0.2, 0.25) is 0 Å². The maximum absolute atomic E-state index is 11.8. The number of nitro benzene ring substituents is 1. The van der Waals surface area contributed by atoms with Crippen LogP contribution in [-0.2, 0) is 4.79 Å². The van der Waals surface area contributed by atoms with E-state index >= 15 is 0 Å². The molecule has 25 heavy (non-hydrogen) atoms. The molecule has 0 saturated heterocycles. The maximum atomic E-state index is 11.8. The fraction of sp³-hybridized carbons (Fsp3) is 0.125. The number of rotatable bonds is 6. The molecule has 1 amide bonds. The smallest absolute Gasteiger partial charge is 0.269 e. The summed E-state index contributed by atoms with van der Waals surface area (Å²) in [5.41, 5.74) is 0.643. The van der Waals surface area contributed by atoms with Crippen molar-refractivity contribution in [2.45, 2.75) is 0 Å². The molecule has 0 spiro atoms. The van der Waals surface area contributed by atoms with Gasteiger partial charge >= 0.3 is 0 Å². The highest BCUT2D eigenvalue weighted by atomic mass is 32.1. The molecule has 0 bridgehead atoms. The van der Waals surface area contributed by atoms with E-state index in [1.165, 1.54) is 24.3 Å². The zero-order valence-corrected chi connectivity index (χ0v) is 14.0. The molecular formula is C16H15N3O5S. The minimum absolute atomic E-state index is 0.0540. The molecule has 0 fully saturated rings. The van der Waals surface area contributed by atoms with Crippen LogP contribution in [0.1, 0.15) is 0 Å². The van der Waals surface area contributed by atoms with Crippen molar-refractivity contribution in [1.82, 2.24) is 5.32 Å². The van der Waals surface area contributed by atoms with Crippen molar-refractivity contribution < 1.29 is 19.2 Å². The van der Waals surface area contributed by atoms with Gasteiger partial charge in [0.1, 0.15) is 11.5 Å². The minimum atomic E-state index is -0.514. The second kappa shape index (κ2) is 8.60. The summed E-state index contributed by atoms with van der Waals surface area (Å²) in [6.45, 7) is -0.276. The zero-order valence-electron chi connectivity index (χ0n) is 13.2. The van der Waals surface area contributed by atoms with Gasteiger partial charge in [0.05, 0.1) is 12.0 Å². The van der Waals surface area contributed by atoms with Gasteiger partial charge in [-0.25, -0.2) is 0 Å². The minimum Gasteiger partial charge on any atom is -0.497 e. The molecule has 0 heterocycles. The van der Waals surface area contributed by atoms with E-state index in [1.54, 1.807) is 31.4 Å². The third-order valence-electron chi connectivity index (χ3n) is 3.02. The van der Waals surface area contributed by atoms with Gasteiger partial charge in [-0.3, -0.25) is 20.2 Å². The molecule has 2 aromatic carbocycles. The highest BCUT2D eigenvalue weighted by Gasteiger charge is 2.08. The first-order valence-electron chi connectivity index (χ1n) is 7.10. The van der Waals surface area contributed by atoms with Gasteiger partial charge in [-0.15, -0.1) is 0 Å². The molecule has 130 valence electrons. The number of carbonyl (C=O) groups excluding carboxylic acids is 1. The van der Waals surface area contributed by atoms with E-state index < -0.39 is 10.8 Å². The second-order valence-corrected chi connectivity index (χ2v) is 5.18. The number of thiocarbonyl (C=S) groups is 1. The van der Waals surface area contributed by atoms with E-state index in [-0.39, 0.29) is 17.4 Å². The molecule has 2 N–H and O–H groups in total. The van der Waals surface area contributed by atoms with E-state index in [0.29, 0.717) is 17.2 Å². The molecule has 0 aliphatic rings. The number of nitrogens with zero attached hydrogens (tertiary/aromatic N) is 1. The number of carbonyl (C=O) groups is 1. The number of amides is 1. The van der Waals surface area contributed by atoms with Crippen molar-refractivity contribution in [3.63, 3.8) is 0 Å². The van der Waals surface area contributed by atoms with E-state index in [4.69, 9.17) is 21.7 Å². The SMILES string of the molecule is COc1ccc(NC(=S)NC(=O)COc2ccc([N+](=O)[O-])cc2)cc1. The number of non-ortho nitro benzene ring substituents is 1. The van der Waals surface area contributed by atoms with Crippen LogP contribution in [0.15, 0.2) is 48.5 Å². The Bertz CT molecular complexity index is 762. The van der Waals surface area contributed by atoms with Crippen LogP contribution in [0.2, 0.25) is 0 Å². The summed E-state index contributed by atoms with van der Waals surface area (Å²) in [4.78, 5) is 21.8. The summed E-state index contributed by atoms with van der Waals surface area (Å²) in [5.74, 6) is 0.594. The third-order valence-corrected chi connectivity index (χ3v) is 3.22. The first-order chi connectivity index (χ1) is 12.0. The van der Waals surface area contributed by atoms with Gasteiger partial charge in [0.15, 0.2) is 11.7 Å². The molecule has 0 atom stereocenters. The Balaban J connectivity index is 1.78. The summed E-state index contributed by atoms with van der Waals surface area (Å²) in [5, 5.41) is 16.0. The van der Waals surface area contributed by atoms with Crippen LogP contribution in [0.5, 0.6) is 11.5 Å². The lowest BCUT2D eigenvalue weighted by molar-refractivity contribution is -0.384. The lowest BCUT2D eigenvalue weighted by Crippen LogP contribution is -2.37. The van der Waals surface area contributed by atoms with Gasteiger partial charge in [-0.1, -0.05) is 0 Å². The Morgan fingerprint density at radius 2 is 1.72 bits per heavy atom. The Kier molecular flexibility index (Phi) is 6.24. The number of benzene rings is 2.